The summed E-state index contributed by atoms with van der Waals surface area (Å²) in [6.45, 7) is 4.41. The molecule has 3 heterocycles. The molecule has 1 saturated heterocycles. The molecule has 0 aromatic carbocycles. The third kappa shape index (κ3) is 2.72. The number of fused-ring (bicyclic) bond motifs is 1. The van der Waals surface area contributed by atoms with Crippen LogP contribution in [0.4, 0.5) is 0 Å². The van der Waals surface area contributed by atoms with E-state index in [1.54, 1.807) is 6.92 Å². The number of nitrogens with zero attached hydrogens (tertiary/aromatic N) is 4. The summed E-state index contributed by atoms with van der Waals surface area (Å²) in [5.41, 5.74) is 0.466. The molecule has 20 heavy (non-hydrogen) atoms. The monoisotopic (exact) mass is 279 g/mol. The Labute approximate surface area is 115 Å². The van der Waals surface area contributed by atoms with E-state index >= 15 is 0 Å². The summed E-state index contributed by atoms with van der Waals surface area (Å²) in [5, 5.41) is 12.5. The van der Waals surface area contributed by atoms with Crippen molar-refractivity contribution in [2.45, 2.75) is 19.6 Å². The largest absolute Gasteiger partial charge is 0.389 e. The van der Waals surface area contributed by atoms with Gasteiger partial charge < -0.3 is 9.84 Å². The van der Waals surface area contributed by atoms with Crippen LogP contribution in [0.25, 0.3) is 5.78 Å². The van der Waals surface area contributed by atoms with Crippen LogP contribution < -0.4 is 5.56 Å². The Morgan fingerprint density at radius 2 is 2.40 bits per heavy atom. The third-order valence-electron chi connectivity index (χ3n) is 3.21. The molecule has 8 nitrogen and oxygen atoms in total. The van der Waals surface area contributed by atoms with Crippen molar-refractivity contribution in [2.75, 3.05) is 26.3 Å². The highest BCUT2D eigenvalue weighted by Gasteiger charge is 2.17. The summed E-state index contributed by atoms with van der Waals surface area (Å²) in [6, 6.07) is 1.49. The van der Waals surface area contributed by atoms with E-state index in [-0.39, 0.29) is 5.56 Å². The van der Waals surface area contributed by atoms with E-state index in [4.69, 9.17) is 4.74 Å². The number of aliphatic hydroxyl groups is 1. The van der Waals surface area contributed by atoms with Crippen LogP contribution in [0.1, 0.15) is 11.5 Å². The van der Waals surface area contributed by atoms with Crippen LogP contribution >= 0.6 is 0 Å². The molecule has 0 amide bonds. The summed E-state index contributed by atoms with van der Waals surface area (Å²) in [5.74, 6) is 1.02. The molecule has 3 rings (SSSR count). The minimum absolute atomic E-state index is 0.183. The molecule has 2 aromatic heterocycles. The highest BCUT2D eigenvalue weighted by molar-refractivity contribution is 5.27. The fraction of sp³-hybridized carbons (Fsp3) is 0.583. The maximum Gasteiger partial charge on any atom is 0.274 e. The van der Waals surface area contributed by atoms with E-state index < -0.39 is 6.10 Å². The summed E-state index contributed by atoms with van der Waals surface area (Å²) in [4.78, 5) is 22.5. The van der Waals surface area contributed by atoms with E-state index in [9.17, 15) is 9.90 Å². The molecule has 0 spiro atoms. The van der Waals surface area contributed by atoms with Crippen LogP contribution in [-0.4, -0.2) is 62.0 Å². The normalized spacial score (nSPS) is 21.2. The SMILES string of the molecule is Cc1nc2nc(CN3CCOCC(O)C3)cc(=O)n2[nH]1. The molecule has 108 valence electrons. The maximum absolute atomic E-state index is 11.9. The van der Waals surface area contributed by atoms with Gasteiger partial charge in [0.2, 0.25) is 0 Å². The smallest absolute Gasteiger partial charge is 0.274 e. The van der Waals surface area contributed by atoms with Crippen molar-refractivity contribution in [3.05, 3.63) is 27.9 Å². The maximum atomic E-state index is 11.9. The number of β-amino-alcohol motifs (C(OH)–C–C–N with tert-alkyl or cyclic N) is 1. The molecule has 2 aromatic rings. The first-order chi connectivity index (χ1) is 9.61. The number of nitrogens with one attached hydrogen (secondary N) is 1. The number of aliphatic hydroxyl groups excluding tert-OH is 1. The number of hydrogen-bond acceptors (Lipinski definition) is 6. The van der Waals surface area contributed by atoms with Crippen LogP contribution in [-0.2, 0) is 11.3 Å². The number of aryl methyl sites for hydroxylation is 1. The zero-order valence-electron chi connectivity index (χ0n) is 11.2. The van der Waals surface area contributed by atoms with E-state index in [1.807, 2.05) is 4.90 Å². The molecule has 0 saturated carbocycles. The Kier molecular flexibility index (Phi) is 3.51. The van der Waals surface area contributed by atoms with Crippen molar-refractivity contribution in [1.29, 1.82) is 0 Å². The standard InChI is InChI=1S/C12H17N5O3/c1-8-13-12-14-9(4-11(19)17(12)15-8)5-16-2-3-20-7-10(18)6-16/h4,10,18H,2-3,5-7H2,1H3,(H,13,14,15). The van der Waals surface area contributed by atoms with Crippen molar-refractivity contribution in [3.8, 4) is 0 Å². The van der Waals surface area contributed by atoms with Gasteiger partial charge in [0.25, 0.3) is 11.3 Å². The first kappa shape index (κ1) is 13.2. The quantitative estimate of drug-likeness (QED) is 0.726. The molecule has 0 bridgehead atoms. The lowest BCUT2D eigenvalue weighted by atomic mass is 10.3. The minimum Gasteiger partial charge on any atom is -0.389 e. The molecule has 0 aliphatic carbocycles. The van der Waals surface area contributed by atoms with Gasteiger partial charge >= 0.3 is 0 Å². The average molecular weight is 279 g/mol. The number of H-pyrrole nitrogens is 1. The van der Waals surface area contributed by atoms with Crippen molar-refractivity contribution in [3.63, 3.8) is 0 Å². The highest BCUT2D eigenvalue weighted by atomic mass is 16.5. The predicted octanol–water partition coefficient (Wildman–Crippen LogP) is -1.08. The third-order valence-corrected chi connectivity index (χ3v) is 3.21. The van der Waals surface area contributed by atoms with Gasteiger partial charge in [-0.2, -0.15) is 9.50 Å². The van der Waals surface area contributed by atoms with Gasteiger partial charge in [0.15, 0.2) is 0 Å². The summed E-state index contributed by atoms with van der Waals surface area (Å²) >= 11 is 0. The van der Waals surface area contributed by atoms with Gasteiger partial charge in [0, 0.05) is 25.7 Å². The molecular formula is C12H17N5O3. The minimum atomic E-state index is -0.505. The van der Waals surface area contributed by atoms with Gasteiger partial charge in [-0.1, -0.05) is 0 Å². The number of aromatic amines is 1. The molecule has 1 fully saturated rings. The van der Waals surface area contributed by atoms with Crippen molar-refractivity contribution >= 4 is 5.78 Å². The lowest BCUT2D eigenvalue weighted by Gasteiger charge is -2.20. The predicted molar refractivity (Wildman–Crippen MR) is 70.4 cm³/mol. The summed E-state index contributed by atoms with van der Waals surface area (Å²) in [6.07, 6.45) is -0.505. The van der Waals surface area contributed by atoms with Crippen LogP contribution in [0.3, 0.4) is 0 Å². The van der Waals surface area contributed by atoms with Gasteiger partial charge in [-0.05, 0) is 6.92 Å². The van der Waals surface area contributed by atoms with Crippen molar-refractivity contribution in [1.82, 2.24) is 24.5 Å². The van der Waals surface area contributed by atoms with Crippen LogP contribution in [0.2, 0.25) is 0 Å². The topological polar surface area (TPSA) is 95.8 Å². The molecule has 1 aliphatic heterocycles. The van der Waals surface area contributed by atoms with Gasteiger partial charge in [-0.3, -0.25) is 14.8 Å². The van der Waals surface area contributed by atoms with E-state index in [2.05, 4.69) is 15.1 Å². The Balaban J connectivity index is 1.84. The average Bonchev–Trinajstić information content (AvgIpc) is 2.63. The summed E-state index contributed by atoms with van der Waals surface area (Å²) in [7, 11) is 0. The zero-order chi connectivity index (χ0) is 14.1. The van der Waals surface area contributed by atoms with Gasteiger partial charge in [-0.25, -0.2) is 4.98 Å². The molecule has 8 heteroatoms. The number of rotatable bonds is 2. The molecule has 1 aliphatic rings. The van der Waals surface area contributed by atoms with E-state index in [0.717, 1.165) is 0 Å². The Bertz CT molecular complexity index is 665. The van der Waals surface area contributed by atoms with Crippen LogP contribution in [0, 0.1) is 6.92 Å². The van der Waals surface area contributed by atoms with Crippen molar-refractivity contribution in [2.24, 2.45) is 0 Å². The van der Waals surface area contributed by atoms with Gasteiger partial charge in [0.05, 0.1) is 25.0 Å². The number of ether oxygens (including phenoxy) is 1. The zero-order valence-corrected chi connectivity index (χ0v) is 11.2. The first-order valence-corrected chi connectivity index (χ1v) is 6.55. The Morgan fingerprint density at radius 3 is 3.25 bits per heavy atom. The second kappa shape index (κ2) is 5.31. The highest BCUT2D eigenvalue weighted by Crippen LogP contribution is 2.06. The van der Waals surface area contributed by atoms with Crippen LogP contribution in [0.5, 0.6) is 0 Å². The lowest BCUT2D eigenvalue weighted by molar-refractivity contribution is 0.0562. The van der Waals surface area contributed by atoms with Gasteiger partial charge in [-0.15, -0.1) is 0 Å². The lowest BCUT2D eigenvalue weighted by Crippen LogP contribution is -2.33. The van der Waals surface area contributed by atoms with E-state index in [1.165, 1.54) is 10.6 Å². The van der Waals surface area contributed by atoms with Crippen molar-refractivity contribution < 1.29 is 9.84 Å². The fourth-order valence-corrected chi connectivity index (χ4v) is 2.34. The molecular weight excluding hydrogens is 262 g/mol. The molecule has 2 N–H and O–H groups in total. The Morgan fingerprint density at radius 1 is 1.55 bits per heavy atom. The fourth-order valence-electron chi connectivity index (χ4n) is 2.34. The molecule has 1 atom stereocenters. The Hall–Kier alpha value is -1.77. The second-order valence-electron chi connectivity index (χ2n) is 4.99. The number of hydrogen-bond donors (Lipinski definition) is 2. The number of aromatic nitrogens is 4. The summed E-state index contributed by atoms with van der Waals surface area (Å²) < 4.78 is 6.60. The van der Waals surface area contributed by atoms with Gasteiger partial charge in [0.1, 0.15) is 5.82 Å². The van der Waals surface area contributed by atoms with Crippen LogP contribution in [0.15, 0.2) is 10.9 Å². The molecule has 1 unspecified atom stereocenters. The second-order valence-corrected chi connectivity index (χ2v) is 4.99. The molecule has 0 radical (unpaired) electrons. The van der Waals surface area contributed by atoms with E-state index in [0.29, 0.717) is 50.1 Å². The first-order valence-electron chi connectivity index (χ1n) is 6.55.